The third-order valence-electron chi connectivity index (χ3n) is 3.02. The third-order valence-corrected chi connectivity index (χ3v) is 3.49. The van der Waals surface area contributed by atoms with E-state index in [4.69, 9.17) is 5.84 Å². The molecule has 112 valence electrons. The number of alkyl halides is 3. The maximum atomic E-state index is 12.7. The Morgan fingerprint density at radius 1 is 1.24 bits per heavy atom. The molecule has 0 fully saturated rings. The average Bonchev–Trinajstić information content (AvgIpc) is 2.46. The van der Waals surface area contributed by atoms with Crippen molar-refractivity contribution < 1.29 is 13.2 Å². The summed E-state index contributed by atoms with van der Waals surface area (Å²) in [6, 6.07) is 8.29. The Bertz CT molecular complexity index is 599. The maximum Gasteiger partial charge on any atom is 0.416 e. The van der Waals surface area contributed by atoms with Gasteiger partial charge in [0.05, 0.1) is 11.6 Å². The summed E-state index contributed by atoms with van der Waals surface area (Å²) in [5, 5.41) is 0. The first-order chi connectivity index (χ1) is 9.90. The lowest BCUT2D eigenvalue weighted by atomic mass is 10.00. The van der Waals surface area contributed by atoms with E-state index in [0.29, 0.717) is 12.0 Å². The number of benzene rings is 1. The van der Waals surface area contributed by atoms with Crippen molar-refractivity contribution in [3.63, 3.8) is 0 Å². The standard InChI is InChI=1S/C14H13BrF3N3/c15-11-4-5-12(20-8-11)7-13(21-19)9-2-1-3-10(6-9)14(16,17)18/h1-6,8,13,21H,7,19H2. The Balaban J connectivity index is 2.23. The smallest absolute Gasteiger partial charge is 0.271 e. The van der Waals surface area contributed by atoms with Crippen LogP contribution in [0.1, 0.15) is 22.9 Å². The Morgan fingerprint density at radius 2 is 2.00 bits per heavy atom. The van der Waals surface area contributed by atoms with Gasteiger partial charge in [0.25, 0.3) is 0 Å². The molecule has 7 heteroatoms. The molecule has 21 heavy (non-hydrogen) atoms. The second-order valence-corrected chi connectivity index (χ2v) is 5.43. The maximum absolute atomic E-state index is 12.7. The van der Waals surface area contributed by atoms with Gasteiger partial charge in [0.15, 0.2) is 0 Å². The number of hydrazine groups is 1. The molecular formula is C14H13BrF3N3. The van der Waals surface area contributed by atoms with Gasteiger partial charge in [-0.2, -0.15) is 13.2 Å². The fourth-order valence-electron chi connectivity index (χ4n) is 1.94. The van der Waals surface area contributed by atoms with Crippen LogP contribution in [-0.4, -0.2) is 4.98 Å². The molecular weight excluding hydrogens is 347 g/mol. The van der Waals surface area contributed by atoms with Crippen LogP contribution >= 0.6 is 15.9 Å². The van der Waals surface area contributed by atoms with Crippen LogP contribution in [0, 0.1) is 0 Å². The molecule has 0 radical (unpaired) electrons. The van der Waals surface area contributed by atoms with E-state index in [1.807, 2.05) is 6.07 Å². The van der Waals surface area contributed by atoms with Crippen LogP contribution in [0.4, 0.5) is 13.2 Å². The van der Waals surface area contributed by atoms with E-state index in [1.54, 1.807) is 18.3 Å². The van der Waals surface area contributed by atoms with Gasteiger partial charge in [-0.1, -0.05) is 12.1 Å². The first kappa shape index (κ1) is 15.9. The summed E-state index contributed by atoms with van der Waals surface area (Å²) in [5.74, 6) is 5.47. The predicted octanol–water partition coefficient (Wildman–Crippen LogP) is 3.61. The molecule has 2 aromatic rings. The summed E-state index contributed by atoms with van der Waals surface area (Å²) in [6.07, 6.45) is -2.34. The zero-order valence-corrected chi connectivity index (χ0v) is 12.4. The number of hydrogen-bond donors (Lipinski definition) is 2. The predicted molar refractivity (Wildman–Crippen MR) is 77.1 cm³/mol. The largest absolute Gasteiger partial charge is 0.416 e. The molecule has 0 amide bonds. The van der Waals surface area contributed by atoms with Gasteiger partial charge in [-0.15, -0.1) is 0 Å². The molecule has 0 saturated carbocycles. The van der Waals surface area contributed by atoms with Gasteiger partial charge in [-0.3, -0.25) is 16.3 Å². The van der Waals surface area contributed by atoms with Gasteiger partial charge in [0.1, 0.15) is 0 Å². The molecule has 1 unspecified atom stereocenters. The molecule has 1 heterocycles. The first-order valence-corrected chi connectivity index (χ1v) is 6.93. The van der Waals surface area contributed by atoms with Crippen LogP contribution in [-0.2, 0) is 12.6 Å². The monoisotopic (exact) mass is 359 g/mol. The van der Waals surface area contributed by atoms with Crippen molar-refractivity contribution >= 4 is 15.9 Å². The van der Waals surface area contributed by atoms with Crippen molar-refractivity contribution in [2.24, 2.45) is 5.84 Å². The van der Waals surface area contributed by atoms with E-state index in [-0.39, 0.29) is 0 Å². The summed E-state index contributed by atoms with van der Waals surface area (Å²) in [7, 11) is 0. The second kappa shape index (κ2) is 6.55. The zero-order chi connectivity index (χ0) is 15.5. The summed E-state index contributed by atoms with van der Waals surface area (Å²) < 4.78 is 39.0. The van der Waals surface area contributed by atoms with Gasteiger partial charge < -0.3 is 0 Å². The Hall–Kier alpha value is -1.44. The normalized spacial score (nSPS) is 13.2. The molecule has 1 aromatic heterocycles. The molecule has 0 aliphatic heterocycles. The summed E-state index contributed by atoms with van der Waals surface area (Å²) in [5.41, 5.74) is 3.05. The third kappa shape index (κ3) is 4.26. The van der Waals surface area contributed by atoms with Gasteiger partial charge in [0.2, 0.25) is 0 Å². The first-order valence-electron chi connectivity index (χ1n) is 6.14. The van der Waals surface area contributed by atoms with Crippen LogP contribution in [0.25, 0.3) is 0 Å². The number of nitrogens with zero attached hydrogens (tertiary/aromatic N) is 1. The molecule has 0 spiro atoms. The van der Waals surface area contributed by atoms with Crippen LogP contribution in [0.15, 0.2) is 47.1 Å². The highest BCUT2D eigenvalue weighted by Gasteiger charge is 2.30. The highest BCUT2D eigenvalue weighted by molar-refractivity contribution is 9.10. The molecule has 2 rings (SSSR count). The lowest BCUT2D eigenvalue weighted by molar-refractivity contribution is -0.137. The lowest BCUT2D eigenvalue weighted by Crippen LogP contribution is -2.30. The molecule has 0 bridgehead atoms. The molecule has 0 saturated heterocycles. The Labute approximate surface area is 128 Å². The number of aromatic nitrogens is 1. The van der Waals surface area contributed by atoms with E-state index < -0.39 is 17.8 Å². The summed E-state index contributed by atoms with van der Waals surface area (Å²) in [6.45, 7) is 0. The van der Waals surface area contributed by atoms with Crippen molar-refractivity contribution in [2.75, 3.05) is 0 Å². The Kier molecular flexibility index (Phi) is 4.97. The molecule has 1 atom stereocenters. The lowest BCUT2D eigenvalue weighted by Gasteiger charge is -2.17. The summed E-state index contributed by atoms with van der Waals surface area (Å²) >= 11 is 3.28. The van der Waals surface area contributed by atoms with Crippen molar-refractivity contribution in [3.05, 3.63) is 63.9 Å². The number of hydrogen-bond acceptors (Lipinski definition) is 3. The molecule has 3 N–H and O–H groups in total. The van der Waals surface area contributed by atoms with Gasteiger partial charge in [0, 0.05) is 22.8 Å². The van der Waals surface area contributed by atoms with E-state index in [9.17, 15) is 13.2 Å². The van der Waals surface area contributed by atoms with E-state index in [2.05, 4.69) is 26.3 Å². The summed E-state index contributed by atoms with van der Waals surface area (Å²) in [4.78, 5) is 4.20. The molecule has 1 aromatic carbocycles. The van der Waals surface area contributed by atoms with Crippen LogP contribution in [0.5, 0.6) is 0 Å². The minimum atomic E-state index is -4.37. The number of halogens is 4. The second-order valence-electron chi connectivity index (χ2n) is 4.51. The minimum Gasteiger partial charge on any atom is -0.271 e. The highest BCUT2D eigenvalue weighted by atomic mass is 79.9. The van der Waals surface area contributed by atoms with Crippen LogP contribution in [0.2, 0.25) is 0 Å². The average molecular weight is 360 g/mol. The highest BCUT2D eigenvalue weighted by Crippen LogP contribution is 2.31. The van der Waals surface area contributed by atoms with Crippen LogP contribution < -0.4 is 11.3 Å². The van der Waals surface area contributed by atoms with E-state index >= 15 is 0 Å². The quantitative estimate of drug-likeness (QED) is 0.647. The molecule has 0 aliphatic rings. The van der Waals surface area contributed by atoms with Crippen molar-refractivity contribution in [2.45, 2.75) is 18.6 Å². The van der Waals surface area contributed by atoms with E-state index in [1.165, 1.54) is 6.07 Å². The Morgan fingerprint density at radius 3 is 2.57 bits per heavy atom. The molecule has 3 nitrogen and oxygen atoms in total. The van der Waals surface area contributed by atoms with Gasteiger partial charge >= 0.3 is 6.18 Å². The topological polar surface area (TPSA) is 50.9 Å². The van der Waals surface area contributed by atoms with Crippen molar-refractivity contribution in [1.29, 1.82) is 0 Å². The van der Waals surface area contributed by atoms with Gasteiger partial charge in [-0.25, -0.2) is 0 Å². The number of nitrogens with two attached hydrogens (primary N) is 1. The van der Waals surface area contributed by atoms with Crippen molar-refractivity contribution in [1.82, 2.24) is 10.4 Å². The SMILES string of the molecule is NNC(Cc1ccc(Br)cn1)c1cccc(C(F)(F)F)c1. The molecule has 0 aliphatic carbocycles. The minimum absolute atomic E-state index is 0.394. The fraction of sp³-hybridized carbons (Fsp3) is 0.214. The number of nitrogens with one attached hydrogen (secondary N) is 1. The zero-order valence-electron chi connectivity index (χ0n) is 10.9. The van der Waals surface area contributed by atoms with Crippen molar-refractivity contribution in [3.8, 4) is 0 Å². The number of rotatable bonds is 4. The van der Waals surface area contributed by atoms with E-state index in [0.717, 1.165) is 22.3 Å². The van der Waals surface area contributed by atoms with Crippen LogP contribution in [0.3, 0.4) is 0 Å². The number of pyridine rings is 1. The fourth-order valence-corrected chi connectivity index (χ4v) is 2.18. The van der Waals surface area contributed by atoms with Gasteiger partial charge in [-0.05, 0) is 45.8 Å².